The van der Waals surface area contributed by atoms with Crippen LogP contribution < -0.4 is 9.80 Å². The van der Waals surface area contributed by atoms with Gasteiger partial charge in [-0.25, -0.2) is 0 Å². The third-order valence-corrected chi connectivity index (χ3v) is 9.71. The number of benzene rings is 1. The minimum atomic E-state index is -1.39. The molecule has 1 unspecified atom stereocenters. The molecular weight excluding hydrogens is 546 g/mol. The van der Waals surface area contributed by atoms with Crippen LogP contribution in [-0.2, 0) is 23.9 Å². The highest BCUT2D eigenvalue weighted by Crippen LogP contribution is 2.58. The second-order valence-electron chi connectivity index (χ2n) is 12.6. The van der Waals surface area contributed by atoms with Crippen LogP contribution in [0.2, 0.25) is 0 Å². The highest BCUT2D eigenvalue weighted by atomic mass is 16.6. The van der Waals surface area contributed by atoms with Crippen LogP contribution in [0.15, 0.2) is 48.6 Å². The maximum absolute atomic E-state index is 14.8. The van der Waals surface area contributed by atoms with Crippen molar-refractivity contribution in [1.82, 2.24) is 4.90 Å². The molecule has 1 aromatic carbocycles. The summed E-state index contributed by atoms with van der Waals surface area (Å²) in [5, 5.41) is 10.6. The van der Waals surface area contributed by atoms with E-state index in [-0.39, 0.29) is 37.5 Å². The molecule has 4 heterocycles. The van der Waals surface area contributed by atoms with Crippen LogP contribution in [0.3, 0.4) is 0 Å². The summed E-state index contributed by atoms with van der Waals surface area (Å²) < 4.78 is 12.7. The molecule has 0 aromatic heterocycles. The Hall–Kier alpha value is -3.17. The van der Waals surface area contributed by atoms with Crippen molar-refractivity contribution >= 4 is 29.2 Å². The SMILES string of the molecule is CCN(CC)c1ccc(N2CC=C[C@]34O[C@@]5(CC)/C=C\CCCOC(=O)[C@H]5[C@H]3C(=O)N([C@@H](CO)CC(C)C)C4C2=O)cc1. The third-order valence-electron chi connectivity index (χ3n) is 9.71. The Morgan fingerprint density at radius 2 is 1.72 bits per heavy atom. The number of ether oxygens (including phenoxy) is 2. The van der Waals surface area contributed by atoms with Crippen molar-refractivity contribution in [3.63, 3.8) is 0 Å². The lowest BCUT2D eigenvalue weighted by atomic mass is 9.73. The molecule has 43 heavy (non-hydrogen) atoms. The van der Waals surface area contributed by atoms with Crippen LogP contribution >= 0.6 is 0 Å². The second-order valence-corrected chi connectivity index (χ2v) is 12.6. The molecule has 4 aliphatic rings. The van der Waals surface area contributed by atoms with E-state index in [1.807, 2.05) is 69.3 Å². The van der Waals surface area contributed by atoms with Gasteiger partial charge < -0.3 is 29.3 Å². The lowest BCUT2D eigenvalue weighted by molar-refractivity contribution is -0.161. The van der Waals surface area contributed by atoms with E-state index >= 15 is 0 Å². The standard InChI is InChI=1S/C34H47N3O6/c1-6-33-17-10-9-11-20-42-32(41)28(33)27-30(39)37(26(22-38)21-23(4)5)29-31(40)36(19-12-18-34(27,29)43-33)25-15-13-24(14-16-25)35(7-2)8-3/h10,12-18,23,26-29,38H,6-9,11,19-22H2,1-5H3/b17-10-/t26-,27+,28-,29?,33+,34+/m1/s1. The molecule has 9 heteroatoms. The second kappa shape index (κ2) is 12.4. The number of carbonyl (C=O) groups excluding carboxylic acids is 3. The molecule has 6 atom stereocenters. The van der Waals surface area contributed by atoms with Gasteiger partial charge in [0.05, 0.1) is 25.2 Å². The number of aliphatic hydroxyl groups excluding tert-OH is 1. The maximum Gasteiger partial charge on any atom is 0.313 e. The number of amides is 2. The number of anilines is 2. The number of likely N-dealkylation sites (tertiary alicyclic amines) is 1. The number of cyclic esters (lactones) is 1. The van der Waals surface area contributed by atoms with Crippen molar-refractivity contribution < 1.29 is 29.0 Å². The first-order chi connectivity index (χ1) is 20.7. The van der Waals surface area contributed by atoms with Gasteiger partial charge in [-0.3, -0.25) is 14.4 Å². The molecule has 234 valence electrons. The molecule has 5 rings (SSSR count). The van der Waals surface area contributed by atoms with E-state index in [9.17, 15) is 19.5 Å². The smallest absolute Gasteiger partial charge is 0.313 e. The van der Waals surface area contributed by atoms with Gasteiger partial charge in [0, 0.05) is 31.0 Å². The Morgan fingerprint density at radius 3 is 2.35 bits per heavy atom. The van der Waals surface area contributed by atoms with E-state index in [0.717, 1.165) is 25.2 Å². The Bertz CT molecular complexity index is 1260. The molecule has 2 saturated heterocycles. The topological polar surface area (TPSA) is 99.6 Å². The van der Waals surface area contributed by atoms with Crippen molar-refractivity contribution in [1.29, 1.82) is 0 Å². The third kappa shape index (κ3) is 5.18. The summed E-state index contributed by atoms with van der Waals surface area (Å²) in [6, 6.07) is 6.24. The van der Waals surface area contributed by atoms with Crippen LogP contribution in [0.4, 0.5) is 11.4 Å². The summed E-state index contributed by atoms with van der Waals surface area (Å²) in [6.45, 7) is 12.2. The number of allylic oxidation sites excluding steroid dienone is 1. The minimum absolute atomic E-state index is 0.162. The Kier molecular flexibility index (Phi) is 9.05. The zero-order valence-electron chi connectivity index (χ0n) is 26.2. The van der Waals surface area contributed by atoms with Crippen molar-refractivity contribution in [2.24, 2.45) is 17.8 Å². The molecule has 1 aromatic rings. The summed E-state index contributed by atoms with van der Waals surface area (Å²) in [5.74, 6) is -2.81. The van der Waals surface area contributed by atoms with E-state index in [1.165, 1.54) is 0 Å². The Balaban J connectivity index is 1.64. The average Bonchev–Trinajstić information content (AvgIpc) is 3.38. The predicted molar refractivity (Wildman–Crippen MR) is 166 cm³/mol. The van der Waals surface area contributed by atoms with Gasteiger partial charge in [0.1, 0.15) is 23.2 Å². The number of hydrogen-bond acceptors (Lipinski definition) is 7. The zero-order valence-corrected chi connectivity index (χ0v) is 26.2. The lowest BCUT2D eigenvalue weighted by Crippen LogP contribution is -2.59. The van der Waals surface area contributed by atoms with Crippen molar-refractivity contribution in [3.8, 4) is 0 Å². The fraction of sp³-hybridized carbons (Fsp3) is 0.618. The number of fused-ring (bicyclic) bond motifs is 2. The summed E-state index contributed by atoms with van der Waals surface area (Å²) in [5.41, 5.74) is -0.700. The van der Waals surface area contributed by atoms with Gasteiger partial charge in [-0.1, -0.05) is 45.1 Å². The van der Waals surface area contributed by atoms with Gasteiger partial charge in [0.25, 0.3) is 5.91 Å². The monoisotopic (exact) mass is 593 g/mol. The summed E-state index contributed by atoms with van der Waals surface area (Å²) in [7, 11) is 0. The molecule has 2 amide bonds. The number of carbonyl (C=O) groups is 3. The normalized spacial score (nSPS) is 31.9. The highest BCUT2D eigenvalue weighted by molar-refractivity contribution is 6.06. The minimum Gasteiger partial charge on any atom is -0.465 e. The number of rotatable bonds is 9. The fourth-order valence-corrected chi connectivity index (χ4v) is 7.69. The van der Waals surface area contributed by atoms with Gasteiger partial charge in [-0.15, -0.1) is 0 Å². The number of esters is 1. The van der Waals surface area contributed by atoms with Crippen molar-refractivity contribution in [3.05, 3.63) is 48.6 Å². The van der Waals surface area contributed by atoms with Crippen molar-refractivity contribution in [2.45, 2.75) is 83.6 Å². The van der Waals surface area contributed by atoms with Crippen LogP contribution in [0.5, 0.6) is 0 Å². The predicted octanol–water partition coefficient (Wildman–Crippen LogP) is 4.10. The lowest BCUT2D eigenvalue weighted by Gasteiger charge is -2.41. The molecule has 2 fully saturated rings. The summed E-state index contributed by atoms with van der Waals surface area (Å²) in [4.78, 5) is 48.7. The Morgan fingerprint density at radius 1 is 1.00 bits per heavy atom. The van der Waals surface area contributed by atoms with Crippen molar-refractivity contribution in [2.75, 3.05) is 42.6 Å². The molecule has 0 saturated carbocycles. The molecule has 1 spiro atoms. The maximum atomic E-state index is 14.8. The van der Waals surface area contributed by atoms with E-state index in [4.69, 9.17) is 9.47 Å². The van der Waals surface area contributed by atoms with Crippen LogP contribution in [0, 0.1) is 17.8 Å². The van der Waals surface area contributed by atoms with Gasteiger partial charge in [0.15, 0.2) is 0 Å². The molecular formula is C34H47N3O6. The highest BCUT2D eigenvalue weighted by Gasteiger charge is 2.76. The van der Waals surface area contributed by atoms with Crippen LogP contribution in [0.25, 0.3) is 0 Å². The summed E-state index contributed by atoms with van der Waals surface area (Å²) in [6.07, 6.45) is 10.0. The molecule has 0 radical (unpaired) electrons. The van der Waals surface area contributed by atoms with E-state index in [1.54, 1.807) is 9.80 Å². The van der Waals surface area contributed by atoms with Gasteiger partial charge in [0.2, 0.25) is 5.91 Å². The zero-order chi connectivity index (χ0) is 30.9. The van der Waals surface area contributed by atoms with E-state index in [0.29, 0.717) is 24.9 Å². The quantitative estimate of drug-likeness (QED) is 0.340. The molecule has 0 bridgehead atoms. The van der Waals surface area contributed by atoms with Crippen LogP contribution in [0.1, 0.15) is 60.3 Å². The summed E-state index contributed by atoms with van der Waals surface area (Å²) >= 11 is 0. The molecule has 4 aliphatic heterocycles. The number of hydrogen-bond donors (Lipinski definition) is 1. The van der Waals surface area contributed by atoms with Gasteiger partial charge in [-0.05, 0) is 69.7 Å². The number of aliphatic hydroxyl groups is 1. The Labute approximate surface area is 255 Å². The molecule has 1 N–H and O–H groups in total. The van der Waals surface area contributed by atoms with Crippen LogP contribution in [-0.4, -0.2) is 83.9 Å². The molecule has 9 nitrogen and oxygen atoms in total. The van der Waals surface area contributed by atoms with Gasteiger partial charge in [-0.2, -0.15) is 0 Å². The first-order valence-electron chi connectivity index (χ1n) is 16.0. The fourth-order valence-electron chi connectivity index (χ4n) is 7.69. The first kappa shape index (κ1) is 31.3. The van der Waals surface area contributed by atoms with E-state index in [2.05, 4.69) is 18.7 Å². The number of nitrogens with zero attached hydrogens (tertiary/aromatic N) is 3. The average molecular weight is 594 g/mol. The van der Waals surface area contributed by atoms with E-state index < -0.39 is 41.1 Å². The molecule has 0 aliphatic carbocycles. The largest absolute Gasteiger partial charge is 0.465 e. The van der Waals surface area contributed by atoms with Gasteiger partial charge >= 0.3 is 5.97 Å². The first-order valence-corrected chi connectivity index (χ1v) is 16.0.